The largest absolute Gasteiger partial charge is 0.357 e. The highest BCUT2D eigenvalue weighted by Gasteiger charge is 2.06. The van der Waals surface area contributed by atoms with E-state index in [2.05, 4.69) is 56.8 Å². The molecule has 1 heterocycles. The van der Waals surface area contributed by atoms with E-state index in [-0.39, 0.29) is 0 Å². The zero-order valence-electron chi connectivity index (χ0n) is 13.0. The molecular formula is C15H22N6. The Morgan fingerprint density at radius 2 is 1.57 bits per heavy atom. The first-order valence-corrected chi connectivity index (χ1v) is 7.05. The first-order valence-electron chi connectivity index (χ1n) is 7.05. The van der Waals surface area contributed by atoms with Crippen molar-refractivity contribution in [3.8, 4) is 0 Å². The monoisotopic (exact) mass is 286 g/mol. The van der Waals surface area contributed by atoms with Crippen molar-refractivity contribution in [3.63, 3.8) is 0 Å². The molecule has 2 aromatic rings. The van der Waals surface area contributed by atoms with Crippen LogP contribution in [0.4, 0.5) is 17.8 Å². The van der Waals surface area contributed by atoms with Crippen LogP contribution in [-0.2, 0) is 13.0 Å². The molecule has 1 aromatic carbocycles. The van der Waals surface area contributed by atoms with Crippen molar-refractivity contribution in [2.24, 2.45) is 0 Å². The average molecular weight is 286 g/mol. The Morgan fingerprint density at radius 1 is 0.952 bits per heavy atom. The van der Waals surface area contributed by atoms with Crippen LogP contribution in [0.15, 0.2) is 24.3 Å². The summed E-state index contributed by atoms with van der Waals surface area (Å²) in [6.07, 6.45) is 1.05. The Labute approximate surface area is 125 Å². The van der Waals surface area contributed by atoms with E-state index >= 15 is 0 Å². The van der Waals surface area contributed by atoms with Gasteiger partial charge in [-0.1, -0.05) is 31.2 Å². The number of nitrogens with one attached hydrogen (secondary N) is 2. The lowest BCUT2D eigenvalue weighted by atomic mass is 10.1. The minimum Gasteiger partial charge on any atom is -0.357 e. The van der Waals surface area contributed by atoms with Gasteiger partial charge in [0.15, 0.2) is 0 Å². The van der Waals surface area contributed by atoms with Crippen LogP contribution in [-0.4, -0.2) is 36.1 Å². The van der Waals surface area contributed by atoms with E-state index in [9.17, 15) is 0 Å². The molecule has 0 saturated carbocycles. The molecule has 21 heavy (non-hydrogen) atoms. The van der Waals surface area contributed by atoms with Gasteiger partial charge in [-0.2, -0.15) is 15.0 Å². The molecule has 0 unspecified atom stereocenters. The van der Waals surface area contributed by atoms with E-state index in [1.807, 2.05) is 19.0 Å². The molecule has 2 rings (SSSR count). The second kappa shape index (κ2) is 6.88. The Morgan fingerprint density at radius 3 is 2.14 bits per heavy atom. The Balaban J connectivity index is 2.09. The molecule has 6 heteroatoms. The number of aryl methyl sites for hydroxylation is 1. The van der Waals surface area contributed by atoms with E-state index in [1.165, 1.54) is 11.1 Å². The molecule has 0 saturated heterocycles. The second-order valence-electron chi connectivity index (χ2n) is 4.95. The zero-order chi connectivity index (χ0) is 15.2. The third-order valence-electron chi connectivity index (χ3n) is 3.13. The summed E-state index contributed by atoms with van der Waals surface area (Å²) < 4.78 is 0. The van der Waals surface area contributed by atoms with Gasteiger partial charge in [0.1, 0.15) is 0 Å². The lowest BCUT2D eigenvalue weighted by molar-refractivity contribution is 0.944. The van der Waals surface area contributed by atoms with Crippen LogP contribution in [0.5, 0.6) is 0 Å². The predicted octanol–water partition coefficient (Wildman–Crippen LogP) is 2.15. The van der Waals surface area contributed by atoms with Crippen LogP contribution in [0.2, 0.25) is 0 Å². The first kappa shape index (κ1) is 15.0. The molecule has 112 valence electrons. The van der Waals surface area contributed by atoms with Crippen LogP contribution < -0.4 is 15.5 Å². The highest BCUT2D eigenvalue weighted by atomic mass is 15.3. The van der Waals surface area contributed by atoms with Crippen LogP contribution >= 0.6 is 0 Å². The fraction of sp³-hybridized carbons (Fsp3) is 0.400. The van der Waals surface area contributed by atoms with Crippen LogP contribution in [0, 0.1) is 0 Å². The maximum Gasteiger partial charge on any atom is 0.231 e. The highest BCUT2D eigenvalue weighted by molar-refractivity contribution is 5.43. The van der Waals surface area contributed by atoms with E-state index in [4.69, 9.17) is 0 Å². The van der Waals surface area contributed by atoms with Gasteiger partial charge in [-0.05, 0) is 17.5 Å². The van der Waals surface area contributed by atoms with Crippen molar-refractivity contribution in [3.05, 3.63) is 35.4 Å². The summed E-state index contributed by atoms with van der Waals surface area (Å²) in [6.45, 7) is 2.84. The third-order valence-corrected chi connectivity index (χ3v) is 3.13. The van der Waals surface area contributed by atoms with E-state index in [0.717, 1.165) is 6.42 Å². The van der Waals surface area contributed by atoms with Crippen molar-refractivity contribution in [1.82, 2.24) is 15.0 Å². The number of hydrogen-bond donors (Lipinski definition) is 2. The average Bonchev–Trinajstić information content (AvgIpc) is 2.53. The lowest BCUT2D eigenvalue weighted by Gasteiger charge is -2.13. The standard InChI is InChI=1S/C15H22N6/c1-5-11-6-8-12(9-7-11)10-17-14-18-13(16-2)19-15(20-14)21(3)4/h6-9H,5,10H2,1-4H3,(H2,16,17,18,19,20). The normalized spacial score (nSPS) is 10.3. The van der Waals surface area contributed by atoms with Crippen molar-refractivity contribution in [2.45, 2.75) is 19.9 Å². The summed E-state index contributed by atoms with van der Waals surface area (Å²) >= 11 is 0. The zero-order valence-corrected chi connectivity index (χ0v) is 13.0. The Hall–Kier alpha value is -2.37. The van der Waals surface area contributed by atoms with Crippen LogP contribution in [0.3, 0.4) is 0 Å². The van der Waals surface area contributed by atoms with Crippen LogP contribution in [0.25, 0.3) is 0 Å². The van der Waals surface area contributed by atoms with Gasteiger partial charge in [-0.3, -0.25) is 0 Å². The van der Waals surface area contributed by atoms with Gasteiger partial charge in [-0.15, -0.1) is 0 Å². The predicted molar refractivity (Wildman–Crippen MR) is 86.8 cm³/mol. The van der Waals surface area contributed by atoms with Crippen molar-refractivity contribution in [2.75, 3.05) is 36.7 Å². The number of nitrogens with zero attached hydrogens (tertiary/aromatic N) is 4. The fourth-order valence-electron chi connectivity index (χ4n) is 1.83. The van der Waals surface area contributed by atoms with Gasteiger partial charge < -0.3 is 15.5 Å². The van der Waals surface area contributed by atoms with E-state index in [1.54, 1.807) is 7.05 Å². The molecule has 0 aliphatic carbocycles. The van der Waals surface area contributed by atoms with Crippen molar-refractivity contribution in [1.29, 1.82) is 0 Å². The van der Waals surface area contributed by atoms with Gasteiger partial charge in [0, 0.05) is 27.7 Å². The first-order chi connectivity index (χ1) is 10.1. The summed E-state index contributed by atoms with van der Waals surface area (Å²) in [5.41, 5.74) is 2.54. The molecule has 0 fully saturated rings. The maximum atomic E-state index is 4.38. The Kier molecular flexibility index (Phi) is 4.92. The number of hydrogen-bond acceptors (Lipinski definition) is 6. The van der Waals surface area contributed by atoms with Crippen LogP contribution in [0.1, 0.15) is 18.1 Å². The van der Waals surface area contributed by atoms with Gasteiger partial charge in [0.2, 0.25) is 17.8 Å². The molecule has 2 N–H and O–H groups in total. The summed E-state index contributed by atoms with van der Waals surface area (Å²) in [5, 5.41) is 6.19. The minimum absolute atomic E-state index is 0.553. The van der Waals surface area contributed by atoms with E-state index in [0.29, 0.717) is 24.4 Å². The molecule has 0 radical (unpaired) electrons. The van der Waals surface area contributed by atoms with E-state index < -0.39 is 0 Å². The molecule has 0 amide bonds. The summed E-state index contributed by atoms with van der Waals surface area (Å²) in [5.74, 6) is 1.74. The molecule has 0 aliphatic rings. The SMILES string of the molecule is CCc1ccc(CNc2nc(NC)nc(N(C)C)n2)cc1. The number of anilines is 3. The number of rotatable bonds is 6. The number of benzene rings is 1. The molecule has 0 spiro atoms. The molecular weight excluding hydrogens is 264 g/mol. The van der Waals surface area contributed by atoms with Crippen molar-refractivity contribution < 1.29 is 0 Å². The fourth-order valence-corrected chi connectivity index (χ4v) is 1.83. The number of aromatic nitrogens is 3. The summed E-state index contributed by atoms with van der Waals surface area (Å²) in [4.78, 5) is 14.8. The molecule has 0 bridgehead atoms. The molecule has 6 nitrogen and oxygen atoms in total. The Bertz CT molecular complexity index is 579. The topological polar surface area (TPSA) is 66.0 Å². The third kappa shape index (κ3) is 4.05. The highest BCUT2D eigenvalue weighted by Crippen LogP contribution is 2.12. The van der Waals surface area contributed by atoms with Gasteiger partial charge >= 0.3 is 0 Å². The van der Waals surface area contributed by atoms with Gasteiger partial charge in [-0.25, -0.2) is 0 Å². The minimum atomic E-state index is 0.553. The summed E-state index contributed by atoms with van der Waals surface area (Å²) in [6, 6.07) is 8.54. The van der Waals surface area contributed by atoms with Gasteiger partial charge in [0.25, 0.3) is 0 Å². The molecule has 0 aliphatic heterocycles. The maximum absolute atomic E-state index is 4.38. The molecule has 0 atom stereocenters. The van der Waals surface area contributed by atoms with Crippen molar-refractivity contribution >= 4 is 17.8 Å². The smallest absolute Gasteiger partial charge is 0.231 e. The quantitative estimate of drug-likeness (QED) is 0.848. The second-order valence-corrected chi connectivity index (χ2v) is 4.95. The molecule has 1 aromatic heterocycles. The lowest BCUT2D eigenvalue weighted by Crippen LogP contribution is -2.16. The summed E-state index contributed by atoms with van der Waals surface area (Å²) in [7, 11) is 5.60. The van der Waals surface area contributed by atoms with Gasteiger partial charge in [0.05, 0.1) is 0 Å².